The van der Waals surface area contributed by atoms with Gasteiger partial charge in [0.1, 0.15) is 0 Å². The van der Waals surface area contributed by atoms with Gasteiger partial charge in [0.2, 0.25) is 11.8 Å². The molecule has 6 heteroatoms. The maximum Gasteiger partial charge on any atom is 0.229 e. The summed E-state index contributed by atoms with van der Waals surface area (Å²) in [6.07, 6.45) is 0.179. The van der Waals surface area contributed by atoms with Gasteiger partial charge in [0.15, 0.2) is 0 Å². The SMILES string of the molecule is Cc1ccccc1NC(=O)C1CC(=O)N(c2ccc(Cl)c(Cl)c2)C1. The zero-order valence-electron chi connectivity index (χ0n) is 13.1. The van der Waals surface area contributed by atoms with E-state index in [1.807, 2.05) is 31.2 Å². The number of anilines is 2. The molecule has 0 saturated carbocycles. The van der Waals surface area contributed by atoms with E-state index in [4.69, 9.17) is 23.2 Å². The molecule has 0 spiro atoms. The molecule has 2 aromatic carbocycles. The topological polar surface area (TPSA) is 49.4 Å². The van der Waals surface area contributed by atoms with Gasteiger partial charge in [-0.2, -0.15) is 0 Å². The largest absolute Gasteiger partial charge is 0.326 e. The molecule has 1 aliphatic rings. The van der Waals surface area contributed by atoms with Crippen LogP contribution in [0.1, 0.15) is 12.0 Å². The van der Waals surface area contributed by atoms with Gasteiger partial charge in [0.05, 0.1) is 16.0 Å². The highest BCUT2D eigenvalue weighted by Crippen LogP contribution is 2.31. The third-order valence-electron chi connectivity index (χ3n) is 4.11. The van der Waals surface area contributed by atoms with Gasteiger partial charge in [0, 0.05) is 24.3 Å². The van der Waals surface area contributed by atoms with Crippen LogP contribution in [0.4, 0.5) is 11.4 Å². The number of para-hydroxylation sites is 1. The first-order chi connectivity index (χ1) is 11.5. The van der Waals surface area contributed by atoms with E-state index in [0.717, 1.165) is 11.3 Å². The fourth-order valence-corrected chi connectivity index (χ4v) is 3.03. The molecule has 4 nitrogen and oxygen atoms in total. The molecule has 1 heterocycles. The van der Waals surface area contributed by atoms with Crippen LogP contribution in [0.15, 0.2) is 42.5 Å². The maximum atomic E-state index is 12.5. The van der Waals surface area contributed by atoms with Gasteiger partial charge in [-0.05, 0) is 36.8 Å². The van der Waals surface area contributed by atoms with Crippen LogP contribution < -0.4 is 10.2 Å². The summed E-state index contributed by atoms with van der Waals surface area (Å²) in [5.41, 5.74) is 2.40. The Kier molecular flexibility index (Phi) is 4.78. The Balaban J connectivity index is 1.73. The van der Waals surface area contributed by atoms with E-state index in [0.29, 0.717) is 22.3 Å². The smallest absolute Gasteiger partial charge is 0.229 e. The van der Waals surface area contributed by atoms with Crippen molar-refractivity contribution < 1.29 is 9.59 Å². The monoisotopic (exact) mass is 362 g/mol. The first-order valence-electron chi connectivity index (χ1n) is 7.57. The van der Waals surface area contributed by atoms with E-state index < -0.39 is 5.92 Å². The highest BCUT2D eigenvalue weighted by molar-refractivity contribution is 6.42. The zero-order valence-corrected chi connectivity index (χ0v) is 14.6. The molecule has 1 atom stereocenters. The highest BCUT2D eigenvalue weighted by Gasteiger charge is 2.35. The second-order valence-electron chi connectivity index (χ2n) is 5.81. The van der Waals surface area contributed by atoms with Crippen molar-refractivity contribution in [2.45, 2.75) is 13.3 Å². The number of hydrogen-bond acceptors (Lipinski definition) is 2. The van der Waals surface area contributed by atoms with E-state index in [1.165, 1.54) is 0 Å². The third kappa shape index (κ3) is 3.40. The van der Waals surface area contributed by atoms with Gasteiger partial charge in [-0.3, -0.25) is 9.59 Å². The van der Waals surface area contributed by atoms with Gasteiger partial charge in [-0.1, -0.05) is 41.4 Å². The molecule has 1 fully saturated rings. The Morgan fingerprint density at radius 2 is 1.92 bits per heavy atom. The van der Waals surface area contributed by atoms with Crippen LogP contribution in [0.25, 0.3) is 0 Å². The summed E-state index contributed by atoms with van der Waals surface area (Å²) in [5.74, 6) is -0.648. The van der Waals surface area contributed by atoms with Crippen LogP contribution in [-0.2, 0) is 9.59 Å². The van der Waals surface area contributed by atoms with Crippen molar-refractivity contribution in [2.24, 2.45) is 5.92 Å². The first kappa shape index (κ1) is 16.8. The Bertz CT molecular complexity index is 807. The Morgan fingerprint density at radius 1 is 1.17 bits per heavy atom. The van der Waals surface area contributed by atoms with Crippen molar-refractivity contribution in [2.75, 3.05) is 16.8 Å². The van der Waals surface area contributed by atoms with Crippen LogP contribution in [0, 0.1) is 12.8 Å². The number of aryl methyl sites for hydroxylation is 1. The zero-order chi connectivity index (χ0) is 17.3. The Morgan fingerprint density at radius 3 is 2.62 bits per heavy atom. The molecule has 24 heavy (non-hydrogen) atoms. The summed E-state index contributed by atoms with van der Waals surface area (Å²) >= 11 is 11.9. The van der Waals surface area contributed by atoms with E-state index in [1.54, 1.807) is 23.1 Å². The molecule has 1 unspecified atom stereocenters. The molecule has 0 aliphatic carbocycles. The number of hydrogen-bond donors (Lipinski definition) is 1. The summed E-state index contributed by atoms with van der Waals surface area (Å²) < 4.78 is 0. The molecule has 0 bridgehead atoms. The summed E-state index contributed by atoms with van der Waals surface area (Å²) in [5, 5.41) is 3.72. The summed E-state index contributed by atoms with van der Waals surface area (Å²) in [7, 11) is 0. The molecule has 2 aromatic rings. The number of nitrogens with one attached hydrogen (secondary N) is 1. The fourth-order valence-electron chi connectivity index (χ4n) is 2.73. The van der Waals surface area contributed by atoms with Gasteiger partial charge in [-0.25, -0.2) is 0 Å². The first-order valence-corrected chi connectivity index (χ1v) is 8.33. The van der Waals surface area contributed by atoms with Crippen molar-refractivity contribution in [1.29, 1.82) is 0 Å². The number of rotatable bonds is 3. The van der Waals surface area contributed by atoms with Crippen LogP contribution in [0.3, 0.4) is 0 Å². The lowest BCUT2D eigenvalue weighted by molar-refractivity contribution is -0.122. The predicted octanol–water partition coefficient (Wildman–Crippen LogP) is 4.29. The lowest BCUT2D eigenvalue weighted by Crippen LogP contribution is -2.28. The number of benzene rings is 2. The minimum atomic E-state index is -0.397. The highest BCUT2D eigenvalue weighted by atomic mass is 35.5. The summed E-state index contributed by atoms with van der Waals surface area (Å²) in [6, 6.07) is 12.6. The van der Waals surface area contributed by atoms with Crippen LogP contribution in [0.5, 0.6) is 0 Å². The van der Waals surface area contributed by atoms with Gasteiger partial charge < -0.3 is 10.2 Å². The second-order valence-corrected chi connectivity index (χ2v) is 6.62. The van der Waals surface area contributed by atoms with Gasteiger partial charge in [-0.15, -0.1) is 0 Å². The van der Waals surface area contributed by atoms with Crippen LogP contribution in [0.2, 0.25) is 10.0 Å². The average molecular weight is 363 g/mol. The van der Waals surface area contributed by atoms with Crippen molar-refractivity contribution >= 4 is 46.4 Å². The van der Waals surface area contributed by atoms with Crippen LogP contribution >= 0.6 is 23.2 Å². The summed E-state index contributed by atoms with van der Waals surface area (Å²) in [6.45, 7) is 2.26. The molecule has 1 aliphatic heterocycles. The van der Waals surface area contributed by atoms with Crippen molar-refractivity contribution in [1.82, 2.24) is 0 Å². The lowest BCUT2D eigenvalue weighted by atomic mass is 10.1. The van der Waals surface area contributed by atoms with Crippen molar-refractivity contribution in [3.05, 3.63) is 58.1 Å². The molecule has 0 aromatic heterocycles. The third-order valence-corrected chi connectivity index (χ3v) is 4.85. The fraction of sp³-hybridized carbons (Fsp3) is 0.222. The normalized spacial score (nSPS) is 17.2. The standard InChI is InChI=1S/C18H16Cl2N2O2/c1-11-4-2-3-5-16(11)21-18(24)12-8-17(23)22(10-12)13-6-7-14(19)15(20)9-13/h2-7,9,12H,8,10H2,1H3,(H,21,24). The number of nitrogens with zero attached hydrogens (tertiary/aromatic N) is 1. The summed E-state index contributed by atoms with van der Waals surface area (Å²) in [4.78, 5) is 26.3. The lowest BCUT2D eigenvalue weighted by Gasteiger charge is -2.17. The molecular formula is C18H16Cl2N2O2. The predicted molar refractivity (Wildman–Crippen MR) is 96.7 cm³/mol. The van der Waals surface area contributed by atoms with Gasteiger partial charge >= 0.3 is 0 Å². The number of carbonyl (C=O) groups is 2. The van der Waals surface area contributed by atoms with E-state index in [2.05, 4.69) is 5.32 Å². The maximum absolute atomic E-state index is 12.5. The van der Waals surface area contributed by atoms with Gasteiger partial charge in [0.25, 0.3) is 0 Å². The number of carbonyl (C=O) groups excluding carboxylic acids is 2. The Labute approximate surface area is 150 Å². The second kappa shape index (κ2) is 6.83. The van der Waals surface area contributed by atoms with E-state index in [9.17, 15) is 9.59 Å². The molecule has 3 rings (SSSR count). The minimum Gasteiger partial charge on any atom is -0.326 e. The van der Waals surface area contributed by atoms with E-state index in [-0.39, 0.29) is 18.2 Å². The molecule has 2 amide bonds. The molecule has 1 saturated heterocycles. The number of amides is 2. The van der Waals surface area contributed by atoms with Crippen molar-refractivity contribution in [3.8, 4) is 0 Å². The Hall–Kier alpha value is -2.04. The van der Waals surface area contributed by atoms with Crippen LogP contribution in [-0.4, -0.2) is 18.4 Å². The molecule has 124 valence electrons. The van der Waals surface area contributed by atoms with E-state index >= 15 is 0 Å². The average Bonchev–Trinajstić information content (AvgIpc) is 2.94. The number of halogens is 2. The molecular weight excluding hydrogens is 347 g/mol. The van der Waals surface area contributed by atoms with Crippen molar-refractivity contribution in [3.63, 3.8) is 0 Å². The molecule has 1 N–H and O–H groups in total. The molecule has 0 radical (unpaired) electrons. The quantitative estimate of drug-likeness (QED) is 0.884. The minimum absolute atomic E-state index is 0.0988.